The van der Waals surface area contributed by atoms with Crippen LogP contribution >= 0.6 is 20.1 Å². The molecule has 0 amide bonds. The summed E-state index contributed by atoms with van der Waals surface area (Å²) in [6, 6.07) is 10.3. The molecule has 1 aliphatic rings. The summed E-state index contributed by atoms with van der Waals surface area (Å²) >= 11 is 3.98. The minimum Gasteiger partial charge on any atom is -0.369 e. The quantitative estimate of drug-likeness (QED) is 0.524. The maximum Gasteiger partial charge on any atom is 0.270 e. The molecule has 100 valence electrons. The second kappa shape index (κ2) is 6.11. The zero-order valence-electron chi connectivity index (χ0n) is 10.5. The van der Waals surface area contributed by atoms with Crippen LogP contribution in [0.3, 0.4) is 0 Å². The molecule has 1 aromatic rings. The second-order valence-corrected chi connectivity index (χ2v) is 7.03. The van der Waals surface area contributed by atoms with E-state index in [2.05, 4.69) is 29.7 Å². The first-order chi connectivity index (χ1) is 8.63. The summed E-state index contributed by atoms with van der Waals surface area (Å²) in [6.07, 6.45) is 0. The van der Waals surface area contributed by atoms with E-state index >= 15 is 0 Å². The van der Waals surface area contributed by atoms with Gasteiger partial charge in [0.1, 0.15) is 0 Å². The lowest BCUT2D eigenvalue weighted by Gasteiger charge is -2.38. The van der Waals surface area contributed by atoms with Crippen LogP contribution in [0.15, 0.2) is 30.3 Å². The van der Waals surface area contributed by atoms with E-state index in [9.17, 15) is 4.57 Å². The van der Waals surface area contributed by atoms with E-state index in [-0.39, 0.29) is 5.94 Å². The van der Waals surface area contributed by atoms with Crippen LogP contribution in [0.1, 0.15) is 0 Å². The minimum atomic E-state index is -2.66. The van der Waals surface area contributed by atoms with E-state index in [1.165, 1.54) is 5.69 Å². The number of piperazine rings is 1. The normalized spacial score (nSPS) is 20.7. The molecule has 0 radical (unpaired) electrons. The molecule has 1 fully saturated rings. The highest BCUT2D eigenvalue weighted by Crippen LogP contribution is 2.47. The standard InChI is InChI=1S/C12H19N2O2PS/c1-17(15,16-11-18)14-9-7-13(8-10-14)12-5-3-2-4-6-12/h2-6,18H,7-11H2,1H3. The van der Waals surface area contributed by atoms with Crippen molar-refractivity contribution in [2.24, 2.45) is 0 Å². The van der Waals surface area contributed by atoms with Gasteiger partial charge in [0.2, 0.25) is 0 Å². The summed E-state index contributed by atoms with van der Waals surface area (Å²) in [5, 5.41) is 0. The van der Waals surface area contributed by atoms with Gasteiger partial charge in [0, 0.05) is 38.5 Å². The molecule has 1 heterocycles. The van der Waals surface area contributed by atoms with Crippen molar-refractivity contribution in [1.29, 1.82) is 0 Å². The van der Waals surface area contributed by atoms with E-state index in [1.54, 1.807) is 6.66 Å². The third-order valence-electron chi connectivity index (χ3n) is 3.19. The van der Waals surface area contributed by atoms with Crippen LogP contribution in [-0.2, 0) is 9.09 Å². The van der Waals surface area contributed by atoms with Crippen molar-refractivity contribution < 1.29 is 9.09 Å². The van der Waals surface area contributed by atoms with Gasteiger partial charge in [-0.15, -0.1) is 0 Å². The molecule has 1 saturated heterocycles. The number of thiol groups is 1. The van der Waals surface area contributed by atoms with Crippen molar-refractivity contribution in [2.75, 3.05) is 43.7 Å². The van der Waals surface area contributed by atoms with Crippen molar-refractivity contribution in [2.45, 2.75) is 0 Å². The lowest BCUT2D eigenvalue weighted by atomic mass is 10.2. The fourth-order valence-corrected chi connectivity index (χ4v) is 4.07. The largest absolute Gasteiger partial charge is 0.369 e. The fraction of sp³-hybridized carbons (Fsp3) is 0.500. The van der Waals surface area contributed by atoms with Gasteiger partial charge in [0.25, 0.3) is 7.52 Å². The Morgan fingerprint density at radius 3 is 2.39 bits per heavy atom. The average molecular weight is 286 g/mol. The Bertz CT molecular complexity index is 421. The van der Waals surface area contributed by atoms with Crippen LogP contribution in [0.5, 0.6) is 0 Å². The van der Waals surface area contributed by atoms with Crippen LogP contribution in [0.2, 0.25) is 0 Å². The van der Waals surface area contributed by atoms with Gasteiger partial charge >= 0.3 is 0 Å². The Morgan fingerprint density at radius 1 is 1.22 bits per heavy atom. The molecule has 2 rings (SSSR count). The molecule has 0 aromatic heterocycles. The van der Waals surface area contributed by atoms with Crippen LogP contribution in [0.4, 0.5) is 5.69 Å². The summed E-state index contributed by atoms with van der Waals surface area (Å²) in [4.78, 5) is 2.30. The molecule has 1 unspecified atom stereocenters. The number of para-hydroxylation sites is 1. The number of benzene rings is 1. The van der Waals surface area contributed by atoms with Gasteiger partial charge in [-0.1, -0.05) is 18.2 Å². The van der Waals surface area contributed by atoms with Crippen molar-refractivity contribution >= 4 is 25.8 Å². The van der Waals surface area contributed by atoms with Crippen LogP contribution < -0.4 is 4.90 Å². The number of hydrogen-bond donors (Lipinski definition) is 1. The second-order valence-electron chi connectivity index (χ2n) is 4.34. The average Bonchev–Trinajstić information content (AvgIpc) is 2.40. The van der Waals surface area contributed by atoms with Crippen molar-refractivity contribution in [3.63, 3.8) is 0 Å². The van der Waals surface area contributed by atoms with Crippen LogP contribution in [-0.4, -0.2) is 43.5 Å². The van der Waals surface area contributed by atoms with E-state index in [1.807, 2.05) is 22.9 Å². The Labute approximate surface area is 114 Å². The molecule has 0 bridgehead atoms. The fourth-order valence-electron chi connectivity index (χ4n) is 2.14. The van der Waals surface area contributed by atoms with E-state index in [4.69, 9.17) is 4.52 Å². The van der Waals surface area contributed by atoms with E-state index < -0.39 is 7.52 Å². The molecule has 0 aliphatic carbocycles. The topological polar surface area (TPSA) is 32.8 Å². The summed E-state index contributed by atoms with van der Waals surface area (Å²) < 4.78 is 19.4. The highest BCUT2D eigenvalue weighted by Gasteiger charge is 2.29. The predicted octanol–water partition coefficient (Wildman–Crippen LogP) is 2.54. The Morgan fingerprint density at radius 2 is 1.83 bits per heavy atom. The van der Waals surface area contributed by atoms with Crippen LogP contribution in [0, 0.1) is 0 Å². The summed E-state index contributed by atoms with van der Waals surface area (Å²) in [5.41, 5.74) is 1.22. The first-order valence-electron chi connectivity index (χ1n) is 6.02. The predicted molar refractivity (Wildman–Crippen MR) is 78.7 cm³/mol. The summed E-state index contributed by atoms with van der Waals surface area (Å²) in [5.74, 6) is 0.201. The Kier molecular flexibility index (Phi) is 4.73. The Hall–Kier alpha value is -0.480. The molecule has 0 N–H and O–H groups in total. The number of anilines is 1. The first-order valence-corrected chi connectivity index (χ1v) is 8.67. The van der Waals surface area contributed by atoms with Gasteiger partial charge in [0.15, 0.2) is 0 Å². The van der Waals surface area contributed by atoms with Gasteiger partial charge in [-0.25, -0.2) is 4.67 Å². The molecule has 1 aliphatic heterocycles. The third kappa shape index (κ3) is 3.29. The van der Waals surface area contributed by atoms with E-state index in [0.29, 0.717) is 0 Å². The van der Waals surface area contributed by atoms with Crippen molar-refractivity contribution in [3.8, 4) is 0 Å². The van der Waals surface area contributed by atoms with Gasteiger partial charge in [-0.2, -0.15) is 12.6 Å². The monoisotopic (exact) mass is 286 g/mol. The molecular weight excluding hydrogens is 267 g/mol. The van der Waals surface area contributed by atoms with Gasteiger partial charge in [0.05, 0.1) is 5.94 Å². The molecule has 4 nitrogen and oxygen atoms in total. The summed E-state index contributed by atoms with van der Waals surface area (Å²) in [6.45, 7) is 4.93. The lowest BCUT2D eigenvalue weighted by molar-refractivity contribution is 0.292. The van der Waals surface area contributed by atoms with E-state index in [0.717, 1.165) is 26.2 Å². The lowest BCUT2D eigenvalue weighted by Crippen LogP contribution is -2.44. The summed E-state index contributed by atoms with van der Waals surface area (Å²) in [7, 11) is -2.66. The maximum atomic E-state index is 12.2. The van der Waals surface area contributed by atoms with Crippen LogP contribution in [0.25, 0.3) is 0 Å². The maximum absolute atomic E-state index is 12.2. The smallest absolute Gasteiger partial charge is 0.270 e. The molecule has 0 spiro atoms. The zero-order valence-corrected chi connectivity index (χ0v) is 12.3. The van der Waals surface area contributed by atoms with Gasteiger partial charge < -0.3 is 9.42 Å². The van der Waals surface area contributed by atoms with Crippen molar-refractivity contribution in [1.82, 2.24) is 4.67 Å². The van der Waals surface area contributed by atoms with Gasteiger partial charge in [-0.3, -0.25) is 4.57 Å². The number of nitrogens with zero attached hydrogens (tertiary/aromatic N) is 2. The number of hydrogen-bond acceptors (Lipinski definition) is 4. The highest BCUT2D eigenvalue weighted by atomic mass is 32.1. The highest BCUT2D eigenvalue weighted by molar-refractivity contribution is 7.80. The molecule has 1 atom stereocenters. The molecular formula is C12H19N2O2PS. The SMILES string of the molecule is CP(=O)(OCS)N1CCN(c2ccccc2)CC1. The molecule has 18 heavy (non-hydrogen) atoms. The third-order valence-corrected chi connectivity index (χ3v) is 5.56. The van der Waals surface area contributed by atoms with Crippen molar-refractivity contribution in [3.05, 3.63) is 30.3 Å². The first kappa shape index (κ1) is 13.9. The molecule has 1 aromatic carbocycles. The Balaban J connectivity index is 1.94. The number of rotatable bonds is 4. The minimum absolute atomic E-state index is 0.201. The zero-order chi connectivity index (χ0) is 13.0. The van der Waals surface area contributed by atoms with Gasteiger partial charge in [-0.05, 0) is 12.1 Å². The molecule has 6 heteroatoms. The molecule has 0 saturated carbocycles.